The summed E-state index contributed by atoms with van der Waals surface area (Å²) in [5, 5.41) is 0.929. The normalized spacial score (nSPS) is 28.9. The molecular formula is C20H31IN4O4Si. The lowest BCUT2D eigenvalue weighted by Gasteiger charge is -2.37. The summed E-state index contributed by atoms with van der Waals surface area (Å²) in [4.78, 5) is 8.58. The maximum atomic E-state index is 6.51. The van der Waals surface area contributed by atoms with Gasteiger partial charge in [-0.25, -0.2) is 9.97 Å². The molecule has 0 bridgehead atoms. The molecule has 2 aliphatic heterocycles. The fraction of sp³-hybridized carbons (Fsp3) is 0.700. The second-order valence-electron chi connectivity index (χ2n) is 10.0. The Kier molecular flexibility index (Phi) is 5.51. The lowest BCUT2D eigenvalue weighted by Crippen LogP contribution is -2.44. The zero-order chi connectivity index (χ0) is 22.1. The summed E-state index contributed by atoms with van der Waals surface area (Å²) in [5.41, 5.74) is 6.80. The molecule has 0 radical (unpaired) electrons. The highest BCUT2D eigenvalue weighted by Gasteiger charge is 2.56. The first-order valence-electron chi connectivity index (χ1n) is 10.2. The maximum absolute atomic E-state index is 6.51. The number of halogens is 1. The predicted molar refractivity (Wildman–Crippen MR) is 126 cm³/mol. The second kappa shape index (κ2) is 7.38. The van der Waals surface area contributed by atoms with E-state index in [-0.39, 0.29) is 29.6 Å². The maximum Gasteiger partial charge on any atom is 0.192 e. The lowest BCUT2D eigenvalue weighted by molar-refractivity contribution is -0.199. The fourth-order valence-corrected chi connectivity index (χ4v) is 5.60. The van der Waals surface area contributed by atoms with E-state index in [0.717, 1.165) is 14.7 Å². The van der Waals surface area contributed by atoms with E-state index in [0.29, 0.717) is 12.4 Å². The van der Waals surface area contributed by atoms with Crippen molar-refractivity contribution in [1.82, 2.24) is 14.5 Å². The van der Waals surface area contributed by atoms with Gasteiger partial charge < -0.3 is 24.4 Å². The molecule has 2 aliphatic rings. The molecule has 0 amide bonds. The van der Waals surface area contributed by atoms with Crippen LogP contribution in [0.5, 0.6) is 0 Å². The SMILES string of the molecule is CC1(C)O[C@@H]2[C@H](O1)[C@@H](CO[Si](C)(C)C(C)(C)C)O[C@H]2n1c(I)cc2c(N)ncnc21. The Balaban J connectivity index is 1.66. The Hall–Kier alpha value is -0.793. The number of aromatic nitrogens is 3. The molecule has 4 rings (SSSR count). The van der Waals surface area contributed by atoms with Gasteiger partial charge in [-0.15, -0.1) is 0 Å². The van der Waals surface area contributed by atoms with Crippen LogP contribution < -0.4 is 5.73 Å². The summed E-state index contributed by atoms with van der Waals surface area (Å²) in [5.74, 6) is -0.234. The van der Waals surface area contributed by atoms with Gasteiger partial charge in [0.15, 0.2) is 20.3 Å². The Bertz CT molecular complexity index is 958. The summed E-state index contributed by atoms with van der Waals surface area (Å²) in [6, 6.07) is 1.98. The van der Waals surface area contributed by atoms with Crippen molar-refractivity contribution in [3.8, 4) is 0 Å². The molecular weight excluding hydrogens is 515 g/mol. The van der Waals surface area contributed by atoms with E-state index < -0.39 is 14.1 Å². The van der Waals surface area contributed by atoms with Gasteiger partial charge in [0.2, 0.25) is 0 Å². The molecule has 4 heterocycles. The minimum absolute atomic E-state index is 0.122. The van der Waals surface area contributed by atoms with Crippen LogP contribution >= 0.6 is 22.6 Å². The number of ether oxygens (including phenoxy) is 3. The third-order valence-electron chi connectivity index (χ3n) is 6.41. The highest BCUT2D eigenvalue weighted by atomic mass is 127. The summed E-state index contributed by atoms with van der Waals surface area (Å²) in [6.45, 7) is 15.5. The second-order valence-corrected chi connectivity index (χ2v) is 15.9. The van der Waals surface area contributed by atoms with Crippen molar-refractivity contribution in [3.05, 3.63) is 16.1 Å². The van der Waals surface area contributed by atoms with Crippen LogP contribution in [0.1, 0.15) is 40.8 Å². The molecule has 2 saturated heterocycles. The number of nitrogens with two attached hydrogens (primary N) is 1. The monoisotopic (exact) mass is 546 g/mol. The van der Waals surface area contributed by atoms with Crippen LogP contribution in [0.25, 0.3) is 11.0 Å². The van der Waals surface area contributed by atoms with Gasteiger partial charge in [0, 0.05) is 0 Å². The van der Waals surface area contributed by atoms with Crippen LogP contribution in [-0.4, -0.2) is 53.6 Å². The molecule has 0 aromatic carbocycles. The van der Waals surface area contributed by atoms with E-state index in [4.69, 9.17) is 24.4 Å². The number of rotatable bonds is 4. The third-order valence-corrected chi connectivity index (χ3v) is 11.7. The number of hydrogen-bond donors (Lipinski definition) is 1. The van der Waals surface area contributed by atoms with Gasteiger partial charge >= 0.3 is 0 Å². The van der Waals surface area contributed by atoms with Gasteiger partial charge in [0.05, 0.1) is 15.7 Å². The first kappa shape index (κ1) is 22.4. The smallest absolute Gasteiger partial charge is 0.192 e. The molecule has 2 fully saturated rings. The molecule has 2 aromatic rings. The van der Waals surface area contributed by atoms with E-state index >= 15 is 0 Å². The lowest BCUT2D eigenvalue weighted by atomic mass is 10.1. The average Bonchev–Trinajstić information content (AvgIpc) is 3.21. The van der Waals surface area contributed by atoms with Crippen molar-refractivity contribution in [1.29, 1.82) is 0 Å². The zero-order valence-corrected chi connectivity index (χ0v) is 21.8. The number of fused-ring (bicyclic) bond motifs is 2. The minimum atomic E-state index is -1.92. The average molecular weight is 546 g/mol. The molecule has 166 valence electrons. The van der Waals surface area contributed by atoms with Crippen molar-refractivity contribution in [2.75, 3.05) is 12.3 Å². The van der Waals surface area contributed by atoms with Gasteiger partial charge in [-0.3, -0.25) is 4.57 Å². The fourth-order valence-electron chi connectivity index (χ4n) is 3.77. The number of anilines is 1. The molecule has 0 saturated carbocycles. The summed E-state index contributed by atoms with van der Waals surface area (Å²) in [7, 11) is -1.92. The first-order valence-corrected chi connectivity index (χ1v) is 14.2. The standard InChI is InChI=1S/C20H31IN4O4Si/c1-19(2,3)30(6,7)26-9-12-14-15(29-20(4,5)28-14)18(27-12)25-13(21)8-11-16(22)23-10-24-17(11)25/h8,10,12,14-15,18H,9H2,1-7H3,(H2,22,23,24)/t12-,14-,15-,18-/m1/s1. The van der Waals surface area contributed by atoms with E-state index in [1.807, 2.05) is 24.5 Å². The van der Waals surface area contributed by atoms with Gasteiger partial charge in [0.1, 0.15) is 36.1 Å². The summed E-state index contributed by atoms with van der Waals surface area (Å²) in [6.07, 6.45) is 0.368. The molecule has 10 heteroatoms. The Morgan fingerprint density at radius 1 is 1.23 bits per heavy atom. The molecule has 0 spiro atoms. The van der Waals surface area contributed by atoms with Gasteiger partial charge in [-0.05, 0) is 60.6 Å². The van der Waals surface area contributed by atoms with Gasteiger partial charge in [-0.2, -0.15) is 0 Å². The van der Waals surface area contributed by atoms with Crippen molar-refractivity contribution in [2.24, 2.45) is 0 Å². The number of nitrogen functional groups attached to an aromatic ring is 1. The first-order chi connectivity index (χ1) is 13.8. The Morgan fingerprint density at radius 3 is 2.57 bits per heavy atom. The third kappa shape index (κ3) is 3.79. The van der Waals surface area contributed by atoms with Crippen molar-refractivity contribution < 1.29 is 18.6 Å². The van der Waals surface area contributed by atoms with Crippen LogP contribution in [0.4, 0.5) is 5.82 Å². The van der Waals surface area contributed by atoms with Crippen LogP contribution in [0.15, 0.2) is 12.4 Å². The van der Waals surface area contributed by atoms with Crippen molar-refractivity contribution >= 4 is 47.8 Å². The van der Waals surface area contributed by atoms with E-state index in [2.05, 4.69) is 66.4 Å². The molecule has 30 heavy (non-hydrogen) atoms. The molecule has 0 unspecified atom stereocenters. The van der Waals surface area contributed by atoms with E-state index in [9.17, 15) is 0 Å². The van der Waals surface area contributed by atoms with Crippen molar-refractivity contribution in [2.45, 2.75) is 83.1 Å². The van der Waals surface area contributed by atoms with E-state index in [1.165, 1.54) is 6.33 Å². The molecule has 8 nitrogen and oxygen atoms in total. The highest BCUT2D eigenvalue weighted by molar-refractivity contribution is 14.1. The minimum Gasteiger partial charge on any atom is -0.414 e. The van der Waals surface area contributed by atoms with Gasteiger partial charge in [0.25, 0.3) is 0 Å². The molecule has 0 aliphatic carbocycles. The topological polar surface area (TPSA) is 93.7 Å². The van der Waals surface area contributed by atoms with Crippen LogP contribution in [0.2, 0.25) is 18.1 Å². The zero-order valence-electron chi connectivity index (χ0n) is 18.6. The quantitative estimate of drug-likeness (QED) is 0.457. The van der Waals surface area contributed by atoms with Crippen molar-refractivity contribution in [3.63, 3.8) is 0 Å². The number of nitrogens with zero attached hydrogens (tertiary/aromatic N) is 3. The van der Waals surface area contributed by atoms with Crippen LogP contribution in [0.3, 0.4) is 0 Å². The van der Waals surface area contributed by atoms with Gasteiger partial charge in [-0.1, -0.05) is 20.8 Å². The predicted octanol–water partition coefficient (Wildman–Crippen LogP) is 4.06. The molecule has 2 aromatic heterocycles. The highest BCUT2D eigenvalue weighted by Crippen LogP contribution is 2.46. The molecule has 4 atom stereocenters. The Morgan fingerprint density at radius 2 is 1.90 bits per heavy atom. The van der Waals surface area contributed by atoms with Crippen LogP contribution in [-0.2, 0) is 18.6 Å². The van der Waals surface area contributed by atoms with E-state index in [1.54, 1.807) is 0 Å². The Labute approximate surface area is 192 Å². The molecule has 2 N–H and O–H groups in total. The largest absolute Gasteiger partial charge is 0.414 e. The van der Waals surface area contributed by atoms with Crippen LogP contribution in [0, 0.1) is 3.70 Å². The summed E-state index contributed by atoms with van der Waals surface area (Å²) >= 11 is 2.27. The summed E-state index contributed by atoms with van der Waals surface area (Å²) < 4.78 is 28.5. The number of hydrogen-bond acceptors (Lipinski definition) is 7.